The Hall–Kier alpha value is -7.16. The first-order valence-corrected chi connectivity index (χ1v) is 18.5. The number of hydrogen-bond acceptors (Lipinski definition) is 2. The maximum Gasteiger partial charge on any atom is 0.0793 e. The van der Waals surface area contributed by atoms with Gasteiger partial charge >= 0.3 is 0 Å². The fourth-order valence-corrected chi connectivity index (χ4v) is 8.79. The Morgan fingerprint density at radius 2 is 0.722 bits per heavy atom. The highest BCUT2D eigenvalue weighted by atomic mass is 14.7. The molecule has 0 aliphatic carbocycles. The average molecular weight is 685 g/mol. The maximum absolute atomic E-state index is 5.08. The van der Waals surface area contributed by atoms with Gasteiger partial charge in [0, 0.05) is 34.3 Å². The second-order valence-electron chi connectivity index (χ2n) is 14.1. The molecule has 0 aliphatic rings. The molecule has 2 heteroatoms. The topological polar surface area (TPSA) is 25.8 Å². The molecule has 0 bridgehead atoms. The van der Waals surface area contributed by atoms with Gasteiger partial charge in [0.15, 0.2) is 0 Å². The van der Waals surface area contributed by atoms with Crippen LogP contribution in [0.5, 0.6) is 0 Å². The van der Waals surface area contributed by atoms with E-state index in [1.807, 2.05) is 12.4 Å². The lowest BCUT2D eigenvalue weighted by atomic mass is 9.85. The zero-order valence-corrected chi connectivity index (χ0v) is 29.4. The minimum atomic E-state index is 1.02. The lowest BCUT2D eigenvalue weighted by Crippen LogP contribution is -1.93. The van der Waals surface area contributed by atoms with Gasteiger partial charge in [-0.3, -0.25) is 9.97 Å². The SMILES string of the molecule is c1ccc(-c2c3ccccc3c(-c3ccc4cc(-c5c6ccccc6c(-c6cccc7ccccc67)c6ncccc56)ccc4c3)c3cccnc23)cc1. The average Bonchev–Trinajstić information content (AvgIpc) is 3.24. The van der Waals surface area contributed by atoms with Crippen molar-refractivity contribution in [1.82, 2.24) is 9.97 Å². The first-order chi connectivity index (χ1) is 26.8. The number of pyridine rings is 2. The summed E-state index contributed by atoms with van der Waals surface area (Å²) < 4.78 is 0. The quantitative estimate of drug-likeness (QED) is 0.172. The van der Waals surface area contributed by atoms with Crippen LogP contribution in [0.15, 0.2) is 194 Å². The molecule has 2 heterocycles. The van der Waals surface area contributed by atoms with Crippen LogP contribution in [-0.4, -0.2) is 9.97 Å². The largest absolute Gasteiger partial charge is 0.256 e. The van der Waals surface area contributed by atoms with Gasteiger partial charge in [0.05, 0.1) is 11.0 Å². The van der Waals surface area contributed by atoms with Crippen molar-refractivity contribution in [3.05, 3.63) is 194 Å². The second kappa shape index (κ2) is 12.2. The number of aromatic nitrogens is 2. The monoisotopic (exact) mass is 684 g/mol. The molecule has 250 valence electrons. The third kappa shape index (κ3) is 4.67. The van der Waals surface area contributed by atoms with Gasteiger partial charge in [-0.05, 0) is 101 Å². The molecule has 9 aromatic carbocycles. The molecular weight excluding hydrogens is 653 g/mol. The van der Waals surface area contributed by atoms with Crippen molar-refractivity contribution in [3.8, 4) is 44.5 Å². The third-order valence-corrected chi connectivity index (χ3v) is 11.1. The van der Waals surface area contributed by atoms with Gasteiger partial charge in [-0.25, -0.2) is 0 Å². The van der Waals surface area contributed by atoms with E-state index in [2.05, 4.69) is 182 Å². The van der Waals surface area contributed by atoms with Gasteiger partial charge in [0.1, 0.15) is 0 Å². The van der Waals surface area contributed by atoms with Gasteiger partial charge < -0.3 is 0 Å². The van der Waals surface area contributed by atoms with Crippen molar-refractivity contribution in [2.45, 2.75) is 0 Å². The van der Waals surface area contributed by atoms with Gasteiger partial charge in [-0.15, -0.1) is 0 Å². The molecule has 0 unspecified atom stereocenters. The molecule has 0 aliphatic heterocycles. The van der Waals surface area contributed by atoms with E-state index in [1.54, 1.807) is 0 Å². The van der Waals surface area contributed by atoms with Gasteiger partial charge in [-0.2, -0.15) is 0 Å². The van der Waals surface area contributed by atoms with E-state index in [0.29, 0.717) is 0 Å². The summed E-state index contributed by atoms with van der Waals surface area (Å²) in [7, 11) is 0. The number of hydrogen-bond donors (Lipinski definition) is 0. The second-order valence-corrected chi connectivity index (χ2v) is 14.1. The standard InChI is InChI=1S/C52H32N2/c1-2-14-34(15-3-1)49-43-20-8-6-18-41(43)47(45-23-11-29-53-51(45)49)37-27-25-36-32-38(28-26-35(36)31-37)48-42-19-7-9-21-44(42)50(52-46(48)24-12-30-54-52)40-22-10-16-33-13-4-5-17-39(33)40/h1-32H. The molecule has 2 aromatic heterocycles. The first kappa shape index (κ1) is 30.5. The van der Waals surface area contributed by atoms with E-state index < -0.39 is 0 Å². The summed E-state index contributed by atoms with van der Waals surface area (Å²) in [5.74, 6) is 0. The lowest BCUT2D eigenvalue weighted by molar-refractivity contribution is 1.42. The fourth-order valence-electron chi connectivity index (χ4n) is 8.79. The van der Waals surface area contributed by atoms with E-state index in [9.17, 15) is 0 Å². The van der Waals surface area contributed by atoms with Crippen molar-refractivity contribution in [1.29, 1.82) is 0 Å². The highest BCUT2D eigenvalue weighted by molar-refractivity contribution is 6.23. The highest BCUT2D eigenvalue weighted by Crippen LogP contribution is 2.46. The van der Waals surface area contributed by atoms with Crippen LogP contribution in [0.3, 0.4) is 0 Å². The molecule has 0 saturated carbocycles. The summed E-state index contributed by atoms with van der Waals surface area (Å²) in [5.41, 5.74) is 11.6. The molecule has 2 nitrogen and oxygen atoms in total. The summed E-state index contributed by atoms with van der Waals surface area (Å²) in [6.07, 6.45) is 3.83. The van der Waals surface area contributed by atoms with Gasteiger partial charge in [-0.1, -0.05) is 158 Å². The van der Waals surface area contributed by atoms with E-state index in [4.69, 9.17) is 9.97 Å². The predicted octanol–water partition coefficient (Wildman–Crippen LogP) is 14.1. The predicted molar refractivity (Wildman–Crippen MR) is 229 cm³/mol. The molecule has 0 N–H and O–H groups in total. The zero-order chi connectivity index (χ0) is 35.6. The summed E-state index contributed by atoms with van der Waals surface area (Å²) in [5, 5.41) is 12.0. The summed E-state index contributed by atoms with van der Waals surface area (Å²) in [6.45, 7) is 0. The molecule has 54 heavy (non-hydrogen) atoms. The van der Waals surface area contributed by atoms with Crippen LogP contribution >= 0.6 is 0 Å². The maximum atomic E-state index is 5.08. The number of rotatable bonds is 4. The van der Waals surface area contributed by atoms with Crippen molar-refractivity contribution >= 4 is 64.9 Å². The molecular formula is C52H32N2. The smallest absolute Gasteiger partial charge is 0.0793 e. The van der Waals surface area contributed by atoms with Crippen LogP contribution in [0.2, 0.25) is 0 Å². The minimum absolute atomic E-state index is 1.02. The van der Waals surface area contributed by atoms with E-state index >= 15 is 0 Å². The Kier molecular flexibility index (Phi) is 6.90. The number of fused-ring (bicyclic) bond motifs is 6. The Morgan fingerprint density at radius 1 is 0.259 bits per heavy atom. The molecule has 11 rings (SSSR count). The number of nitrogens with zero attached hydrogens (tertiary/aromatic N) is 2. The Balaban J connectivity index is 1.12. The Morgan fingerprint density at radius 3 is 1.33 bits per heavy atom. The molecule has 0 radical (unpaired) electrons. The molecule has 0 atom stereocenters. The van der Waals surface area contributed by atoms with Crippen molar-refractivity contribution in [3.63, 3.8) is 0 Å². The highest BCUT2D eigenvalue weighted by Gasteiger charge is 2.20. The van der Waals surface area contributed by atoms with Crippen LogP contribution in [0.1, 0.15) is 0 Å². The van der Waals surface area contributed by atoms with E-state index in [1.165, 1.54) is 87.6 Å². The summed E-state index contributed by atoms with van der Waals surface area (Å²) in [4.78, 5) is 10.1. The van der Waals surface area contributed by atoms with Crippen molar-refractivity contribution in [2.24, 2.45) is 0 Å². The van der Waals surface area contributed by atoms with Crippen LogP contribution in [0, 0.1) is 0 Å². The fraction of sp³-hybridized carbons (Fsp3) is 0. The van der Waals surface area contributed by atoms with Crippen LogP contribution in [0.25, 0.3) is 109 Å². The lowest BCUT2D eigenvalue weighted by Gasteiger charge is -2.18. The van der Waals surface area contributed by atoms with Crippen molar-refractivity contribution < 1.29 is 0 Å². The summed E-state index contributed by atoms with van der Waals surface area (Å²) in [6, 6.07) is 65.8. The summed E-state index contributed by atoms with van der Waals surface area (Å²) >= 11 is 0. The third-order valence-electron chi connectivity index (χ3n) is 11.1. The minimum Gasteiger partial charge on any atom is -0.256 e. The first-order valence-electron chi connectivity index (χ1n) is 18.5. The van der Waals surface area contributed by atoms with Gasteiger partial charge in [0.25, 0.3) is 0 Å². The van der Waals surface area contributed by atoms with Gasteiger partial charge in [0.2, 0.25) is 0 Å². The van der Waals surface area contributed by atoms with Crippen molar-refractivity contribution in [2.75, 3.05) is 0 Å². The van der Waals surface area contributed by atoms with Crippen LogP contribution < -0.4 is 0 Å². The molecule has 0 fully saturated rings. The molecule has 0 saturated heterocycles. The molecule has 0 amide bonds. The van der Waals surface area contributed by atoms with E-state index in [0.717, 1.165) is 21.8 Å². The molecule has 11 aromatic rings. The van der Waals surface area contributed by atoms with E-state index in [-0.39, 0.29) is 0 Å². The Bertz CT molecular complexity index is 3150. The zero-order valence-electron chi connectivity index (χ0n) is 29.4. The van der Waals surface area contributed by atoms with Crippen LogP contribution in [-0.2, 0) is 0 Å². The molecule has 0 spiro atoms. The number of benzene rings is 9. The normalized spacial score (nSPS) is 11.7. The van der Waals surface area contributed by atoms with Crippen LogP contribution in [0.4, 0.5) is 0 Å². The Labute approximate surface area is 312 Å².